The van der Waals surface area contributed by atoms with E-state index in [9.17, 15) is 9.90 Å². The maximum absolute atomic E-state index is 11.6. The molecule has 0 fully saturated rings. The molecule has 1 heterocycles. The summed E-state index contributed by atoms with van der Waals surface area (Å²) in [6.07, 6.45) is 2.32. The lowest BCUT2D eigenvalue weighted by Gasteiger charge is -2.13. The van der Waals surface area contributed by atoms with Crippen LogP contribution in [0.5, 0.6) is 5.75 Å². The lowest BCUT2D eigenvalue weighted by atomic mass is 9.94. The van der Waals surface area contributed by atoms with E-state index < -0.39 is 5.97 Å². The number of esters is 1. The minimum Gasteiger partial charge on any atom is -0.508 e. The zero-order valence-corrected chi connectivity index (χ0v) is 11.6. The number of furan rings is 1. The van der Waals surface area contributed by atoms with E-state index in [1.807, 2.05) is 19.1 Å². The van der Waals surface area contributed by atoms with Crippen LogP contribution in [0.1, 0.15) is 41.4 Å². The highest BCUT2D eigenvalue weighted by Crippen LogP contribution is 2.29. The predicted molar refractivity (Wildman–Crippen MR) is 74.9 cm³/mol. The van der Waals surface area contributed by atoms with Crippen LogP contribution in [0, 0.1) is 0 Å². The molecule has 0 spiro atoms. The second kappa shape index (κ2) is 6.28. The SMILES string of the molecule is CCOC(=O)c1ccc([C@@H](C)Cc2ccco2)c(O)c1. The van der Waals surface area contributed by atoms with E-state index in [2.05, 4.69) is 0 Å². The molecule has 2 aromatic rings. The Labute approximate surface area is 118 Å². The van der Waals surface area contributed by atoms with Gasteiger partial charge in [0, 0.05) is 6.42 Å². The van der Waals surface area contributed by atoms with Gasteiger partial charge in [-0.25, -0.2) is 4.79 Å². The van der Waals surface area contributed by atoms with Crippen LogP contribution in [0.15, 0.2) is 41.0 Å². The van der Waals surface area contributed by atoms with Crippen molar-refractivity contribution >= 4 is 5.97 Å². The second-order valence-corrected chi connectivity index (χ2v) is 4.68. The van der Waals surface area contributed by atoms with E-state index in [0.29, 0.717) is 18.6 Å². The number of carbonyl (C=O) groups is 1. The van der Waals surface area contributed by atoms with Crippen molar-refractivity contribution in [2.24, 2.45) is 0 Å². The van der Waals surface area contributed by atoms with Crippen molar-refractivity contribution in [1.29, 1.82) is 0 Å². The summed E-state index contributed by atoms with van der Waals surface area (Å²) >= 11 is 0. The van der Waals surface area contributed by atoms with Crippen LogP contribution in [0.2, 0.25) is 0 Å². The van der Waals surface area contributed by atoms with Crippen molar-refractivity contribution in [3.05, 3.63) is 53.5 Å². The Hall–Kier alpha value is -2.23. The minimum absolute atomic E-state index is 0.0948. The van der Waals surface area contributed by atoms with Gasteiger partial charge in [-0.3, -0.25) is 0 Å². The van der Waals surface area contributed by atoms with Gasteiger partial charge in [-0.15, -0.1) is 0 Å². The fraction of sp³-hybridized carbons (Fsp3) is 0.312. The molecule has 0 saturated carbocycles. The average molecular weight is 274 g/mol. The molecule has 0 aliphatic carbocycles. The summed E-state index contributed by atoms with van der Waals surface area (Å²) in [5.74, 6) is 0.645. The molecule has 0 unspecified atom stereocenters. The van der Waals surface area contributed by atoms with Crippen molar-refractivity contribution in [2.75, 3.05) is 6.61 Å². The molecular formula is C16H18O4. The third kappa shape index (κ3) is 3.20. The molecule has 106 valence electrons. The van der Waals surface area contributed by atoms with Crippen LogP contribution in [-0.2, 0) is 11.2 Å². The summed E-state index contributed by atoms with van der Waals surface area (Å²) in [4.78, 5) is 11.6. The summed E-state index contributed by atoms with van der Waals surface area (Å²) in [7, 11) is 0. The summed E-state index contributed by atoms with van der Waals surface area (Å²) < 4.78 is 10.2. The molecule has 4 heteroatoms. The van der Waals surface area contributed by atoms with Gasteiger partial charge < -0.3 is 14.3 Å². The molecular weight excluding hydrogens is 256 g/mol. The first-order chi connectivity index (χ1) is 9.61. The van der Waals surface area contributed by atoms with Crippen molar-refractivity contribution in [1.82, 2.24) is 0 Å². The summed E-state index contributed by atoms with van der Waals surface area (Å²) in [5.41, 5.74) is 1.15. The van der Waals surface area contributed by atoms with Gasteiger partial charge in [0.15, 0.2) is 0 Å². The quantitative estimate of drug-likeness (QED) is 0.848. The van der Waals surface area contributed by atoms with Crippen molar-refractivity contribution in [2.45, 2.75) is 26.2 Å². The Balaban J connectivity index is 2.14. The zero-order chi connectivity index (χ0) is 14.5. The fourth-order valence-corrected chi connectivity index (χ4v) is 2.14. The van der Waals surface area contributed by atoms with Gasteiger partial charge >= 0.3 is 5.97 Å². The molecule has 0 amide bonds. The van der Waals surface area contributed by atoms with Gasteiger partial charge in [0.1, 0.15) is 11.5 Å². The summed E-state index contributed by atoms with van der Waals surface area (Å²) in [6, 6.07) is 8.62. The first-order valence-corrected chi connectivity index (χ1v) is 6.64. The zero-order valence-electron chi connectivity index (χ0n) is 11.6. The Morgan fingerprint density at radius 3 is 2.80 bits per heavy atom. The average Bonchev–Trinajstić information content (AvgIpc) is 2.91. The normalized spacial score (nSPS) is 12.1. The molecule has 0 aliphatic rings. The first kappa shape index (κ1) is 14.2. The molecule has 0 bridgehead atoms. The van der Waals surface area contributed by atoms with E-state index in [4.69, 9.17) is 9.15 Å². The van der Waals surface area contributed by atoms with Crippen LogP contribution in [-0.4, -0.2) is 17.7 Å². The highest BCUT2D eigenvalue weighted by Gasteiger charge is 2.15. The number of hydrogen-bond acceptors (Lipinski definition) is 4. The molecule has 1 atom stereocenters. The molecule has 0 radical (unpaired) electrons. The van der Waals surface area contributed by atoms with E-state index in [-0.39, 0.29) is 11.7 Å². The molecule has 0 aliphatic heterocycles. The van der Waals surface area contributed by atoms with E-state index in [0.717, 1.165) is 11.3 Å². The largest absolute Gasteiger partial charge is 0.508 e. The highest BCUT2D eigenvalue weighted by molar-refractivity contribution is 5.90. The van der Waals surface area contributed by atoms with E-state index in [1.54, 1.807) is 25.3 Å². The van der Waals surface area contributed by atoms with Crippen LogP contribution >= 0.6 is 0 Å². The number of aromatic hydroxyl groups is 1. The lowest BCUT2D eigenvalue weighted by molar-refractivity contribution is 0.0526. The molecule has 2 rings (SSSR count). The molecule has 20 heavy (non-hydrogen) atoms. The Morgan fingerprint density at radius 2 is 2.20 bits per heavy atom. The smallest absolute Gasteiger partial charge is 0.338 e. The van der Waals surface area contributed by atoms with Gasteiger partial charge in [0.05, 0.1) is 18.4 Å². The minimum atomic E-state index is -0.423. The van der Waals surface area contributed by atoms with Gasteiger partial charge in [-0.1, -0.05) is 13.0 Å². The van der Waals surface area contributed by atoms with E-state index >= 15 is 0 Å². The number of ether oxygens (including phenoxy) is 1. The third-order valence-electron chi connectivity index (χ3n) is 3.16. The summed E-state index contributed by atoms with van der Waals surface area (Å²) in [5, 5.41) is 10.1. The van der Waals surface area contributed by atoms with Gasteiger partial charge in [0.2, 0.25) is 0 Å². The van der Waals surface area contributed by atoms with Crippen molar-refractivity contribution in [3.8, 4) is 5.75 Å². The van der Waals surface area contributed by atoms with Crippen molar-refractivity contribution < 1.29 is 19.1 Å². The van der Waals surface area contributed by atoms with Crippen molar-refractivity contribution in [3.63, 3.8) is 0 Å². The topological polar surface area (TPSA) is 59.7 Å². The van der Waals surface area contributed by atoms with Gasteiger partial charge in [-0.05, 0) is 42.7 Å². The number of rotatable bonds is 5. The standard InChI is InChI=1S/C16H18O4/c1-3-19-16(18)12-6-7-14(15(17)10-12)11(2)9-13-5-4-8-20-13/h4-8,10-11,17H,3,9H2,1-2H3/t11-/m0/s1. The Bertz CT molecular complexity index is 572. The molecule has 1 aromatic carbocycles. The number of phenols is 1. The highest BCUT2D eigenvalue weighted by atomic mass is 16.5. The van der Waals surface area contributed by atoms with Crippen LogP contribution in [0.25, 0.3) is 0 Å². The number of phenolic OH excluding ortho intramolecular Hbond substituents is 1. The van der Waals surface area contributed by atoms with Crippen LogP contribution < -0.4 is 0 Å². The monoisotopic (exact) mass is 274 g/mol. The Morgan fingerprint density at radius 1 is 1.40 bits per heavy atom. The predicted octanol–water partition coefficient (Wildman–Crippen LogP) is 3.51. The molecule has 4 nitrogen and oxygen atoms in total. The fourth-order valence-electron chi connectivity index (χ4n) is 2.14. The maximum Gasteiger partial charge on any atom is 0.338 e. The molecule has 1 N–H and O–H groups in total. The third-order valence-corrected chi connectivity index (χ3v) is 3.16. The number of hydrogen-bond donors (Lipinski definition) is 1. The molecule has 0 saturated heterocycles. The number of benzene rings is 1. The summed E-state index contributed by atoms with van der Waals surface area (Å²) in [6.45, 7) is 4.06. The van der Waals surface area contributed by atoms with Gasteiger partial charge in [-0.2, -0.15) is 0 Å². The molecule has 1 aromatic heterocycles. The Kier molecular flexibility index (Phi) is 4.45. The van der Waals surface area contributed by atoms with Gasteiger partial charge in [0.25, 0.3) is 0 Å². The van der Waals surface area contributed by atoms with Crippen LogP contribution in [0.3, 0.4) is 0 Å². The maximum atomic E-state index is 11.6. The first-order valence-electron chi connectivity index (χ1n) is 6.64. The second-order valence-electron chi connectivity index (χ2n) is 4.68. The lowest BCUT2D eigenvalue weighted by Crippen LogP contribution is -2.05. The number of carbonyl (C=O) groups excluding carboxylic acids is 1. The van der Waals surface area contributed by atoms with Crippen LogP contribution in [0.4, 0.5) is 0 Å². The van der Waals surface area contributed by atoms with E-state index in [1.165, 1.54) is 6.07 Å².